The fourth-order valence-corrected chi connectivity index (χ4v) is 7.18. The maximum absolute atomic E-state index is 12.9. The van der Waals surface area contributed by atoms with Crippen LogP contribution in [0.2, 0.25) is 0 Å². The predicted octanol–water partition coefficient (Wildman–Crippen LogP) is 5.55. The minimum atomic E-state index is -3.15. The molecule has 0 bridgehead atoms. The lowest BCUT2D eigenvalue weighted by atomic mass is 9.93. The average molecular weight is 464 g/mol. The van der Waals surface area contributed by atoms with Crippen LogP contribution in [-0.2, 0) is 40.1 Å². The normalized spacial score (nSPS) is 31.0. The van der Waals surface area contributed by atoms with Crippen molar-refractivity contribution in [2.75, 3.05) is 38.8 Å². The van der Waals surface area contributed by atoms with E-state index in [2.05, 4.69) is 0 Å². The number of aryl methyl sites for hydroxylation is 4. The van der Waals surface area contributed by atoms with Crippen molar-refractivity contribution in [3.05, 3.63) is 70.8 Å². The molecule has 2 aromatic rings. The summed E-state index contributed by atoms with van der Waals surface area (Å²) in [5, 5.41) is 0. The molecular formula is C23H30O6P2. The highest BCUT2D eigenvalue weighted by molar-refractivity contribution is 7.54. The van der Waals surface area contributed by atoms with Gasteiger partial charge in [-0.1, -0.05) is 59.7 Å². The van der Waals surface area contributed by atoms with Crippen LogP contribution in [0.25, 0.3) is 0 Å². The molecule has 2 aliphatic heterocycles. The van der Waals surface area contributed by atoms with Gasteiger partial charge in [-0.3, -0.25) is 9.13 Å². The summed E-state index contributed by atoms with van der Waals surface area (Å²) >= 11 is 0. The van der Waals surface area contributed by atoms with E-state index in [1.165, 1.54) is 11.1 Å². The maximum atomic E-state index is 12.9. The Morgan fingerprint density at radius 1 is 0.645 bits per heavy atom. The van der Waals surface area contributed by atoms with Crippen LogP contribution in [0.5, 0.6) is 0 Å². The second-order valence-corrected chi connectivity index (χ2v) is 13.1. The summed E-state index contributed by atoms with van der Waals surface area (Å²) in [5.41, 5.74) is 4.03. The van der Waals surface area contributed by atoms with E-state index in [0.717, 1.165) is 11.1 Å². The van der Waals surface area contributed by atoms with Crippen LogP contribution >= 0.6 is 15.2 Å². The van der Waals surface area contributed by atoms with E-state index in [4.69, 9.17) is 18.1 Å². The molecule has 2 saturated heterocycles. The van der Waals surface area contributed by atoms with Gasteiger partial charge in [-0.25, -0.2) is 0 Å². The van der Waals surface area contributed by atoms with E-state index in [1.807, 2.05) is 62.4 Å². The van der Waals surface area contributed by atoms with E-state index >= 15 is 0 Å². The van der Waals surface area contributed by atoms with Crippen molar-refractivity contribution in [1.82, 2.24) is 0 Å². The first-order valence-electron chi connectivity index (χ1n) is 10.6. The quantitative estimate of drug-likeness (QED) is 0.522. The molecule has 168 valence electrons. The first-order chi connectivity index (χ1) is 14.8. The number of benzene rings is 2. The van der Waals surface area contributed by atoms with Crippen molar-refractivity contribution in [1.29, 1.82) is 0 Å². The molecule has 0 amide bonds. The van der Waals surface area contributed by atoms with Gasteiger partial charge in [-0.2, -0.15) is 0 Å². The zero-order valence-corrected chi connectivity index (χ0v) is 19.9. The van der Waals surface area contributed by atoms with Gasteiger partial charge < -0.3 is 18.1 Å². The highest BCUT2D eigenvalue weighted by atomic mass is 31.2. The van der Waals surface area contributed by atoms with Gasteiger partial charge in [0.2, 0.25) is 0 Å². The van der Waals surface area contributed by atoms with Gasteiger partial charge >= 0.3 is 15.2 Å². The summed E-state index contributed by atoms with van der Waals surface area (Å²) in [6, 6.07) is 16.3. The first-order valence-corrected chi connectivity index (χ1v) is 14.1. The second-order valence-electron chi connectivity index (χ2n) is 8.73. The van der Waals surface area contributed by atoms with Crippen LogP contribution < -0.4 is 0 Å². The van der Waals surface area contributed by atoms with E-state index in [0.29, 0.717) is 25.2 Å². The third-order valence-corrected chi connectivity index (χ3v) is 9.49. The highest BCUT2D eigenvalue weighted by Crippen LogP contribution is 2.59. The van der Waals surface area contributed by atoms with Gasteiger partial charge in [0.05, 0.1) is 44.2 Å². The Balaban J connectivity index is 1.25. The molecule has 31 heavy (non-hydrogen) atoms. The summed E-state index contributed by atoms with van der Waals surface area (Å²) in [6.45, 7) is 4.95. The zero-order valence-electron chi connectivity index (χ0n) is 18.1. The highest BCUT2D eigenvalue weighted by Gasteiger charge is 2.48. The standard InChI is InChI=1S/C23H30O6P2/c1-19-3-7-21(8-4-19)11-13-30(24)26-15-23(16-27-30)17-28-31(25,29-18-23)14-12-22-9-5-20(2)6-10-22/h3-10H,11-18H2,1-2H3. The van der Waals surface area contributed by atoms with Crippen LogP contribution in [0.1, 0.15) is 22.3 Å². The molecule has 0 saturated carbocycles. The molecule has 0 radical (unpaired) electrons. The molecule has 0 atom stereocenters. The lowest BCUT2D eigenvalue weighted by Crippen LogP contribution is -2.46. The molecule has 6 nitrogen and oxygen atoms in total. The van der Waals surface area contributed by atoms with Gasteiger partial charge in [-0.05, 0) is 37.8 Å². The van der Waals surface area contributed by atoms with E-state index < -0.39 is 20.6 Å². The molecule has 2 fully saturated rings. The topological polar surface area (TPSA) is 71.1 Å². The van der Waals surface area contributed by atoms with Gasteiger partial charge in [0.1, 0.15) is 0 Å². The molecule has 8 heteroatoms. The van der Waals surface area contributed by atoms with Crippen molar-refractivity contribution in [2.45, 2.75) is 26.7 Å². The van der Waals surface area contributed by atoms with Gasteiger partial charge in [0.25, 0.3) is 0 Å². The van der Waals surface area contributed by atoms with Crippen LogP contribution in [0.15, 0.2) is 48.5 Å². The third kappa shape index (κ3) is 5.96. The largest absolute Gasteiger partial charge is 0.331 e. The summed E-state index contributed by atoms with van der Waals surface area (Å²) < 4.78 is 48.6. The fourth-order valence-electron chi connectivity index (χ4n) is 3.57. The van der Waals surface area contributed by atoms with Crippen molar-refractivity contribution in [3.8, 4) is 0 Å². The monoisotopic (exact) mass is 464 g/mol. The molecule has 0 aliphatic carbocycles. The summed E-state index contributed by atoms with van der Waals surface area (Å²) in [5.74, 6) is 0. The Labute approximate surface area is 184 Å². The Bertz CT molecular complexity index is 877. The lowest BCUT2D eigenvalue weighted by molar-refractivity contribution is -0.0683. The molecule has 0 N–H and O–H groups in total. The smallest absolute Gasteiger partial charge is 0.308 e. The molecule has 2 aliphatic rings. The average Bonchev–Trinajstić information content (AvgIpc) is 2.78. The van der Waals surface area contributed by atoms with Crippen LogP contribution in [0, 0.1) is 19.3 Å². The summed E-state index contributed by atoms with van der Waals surface area (Å²) in [4.78, 5) is 0. The second kappa shape index (κ2) is 9.31. The van der Waals surface area contributed by atoms with Gasteiger partial charge in [-0.15, -0.1) is 0 Å². The summed E-state index contributed by atoms with van der Waals surface area (Å²) in [7, 11) is -6.31. The Hall–Kier alpha value is -1.26. The first kappa shape index (κ1) is 22.9. The van der Waals surface area contributed by atoms with Gasteiger partial charge in [0, 0.05) is 0 Å². The van der Waals surface area contributed by atoms with Gasteiger partial charge in [0.15, 0.2) is 0 Å². The minimum absolute atomic E-state index is 0.218. The van der Waals surface area contributed by atoms with Crippen molar-refractivity contribution >= 4 is 15.2 Å². The Morgan fingerprint density at radius 3 is 1.29 bits per heavy atom. The molecule has 0 aromatic heterocycles. The van der Waals surface area contributed by atoms with Crippen LogP contribution in [0.4, 0.5) is 0 Å². The number of hydrogen-bond donors (Lipinski definition) is 0. The van der Waals surface area contributed by atoms with Crippen LogP contribution in [-0.4, -0.2) is 38.8 Å². The van der Waals surface area contributed by atoms with E-state index in [1.54, 1.807) is 0 Å². The minimum Gasteiger partial charge on any atom is -0.308 e. The Kier molecular flexibility index (Phi) is 6.88. The van der Waals surface area contributed by atoms with Crippen LogP contribution in [0.3, 0.4) is 0 Å². The molecule has 1 spiro atoms. The molecule has 2 aromatic carbocycles. The van der Waals surface area contributed by atoms with Crippen molar-refractivity contribution < 1.29 is 27.2 Å². The molecule has 0 unspecified atom stereocenters. The third-order valence-electron chi connectivity index (χ3n) is 5.86. The summed E-state index contributed by atoms with van der Waals surface area (Å²) in [6.07, 6.45) is 1.93. The molecule has 2 heterocycles. The molecule has 4 rings (SSSR count). The predicted molar refractivity (Wildman–Crippen MR) is 121 cm³/mol. The fraction of sp³-hybridized carbons (Fsp3) is 0.478. The SMILES string of the molecule is Cc1ccc(CCP2(=O)OCC3(CO2)COP(=O)(CCc2ccc(C)cc2)OC3)cc1. The van der Waals surface area contributed by atoms with E-state index in [-0.39, 0.29) is 26.4 Å². The van der Waals surface area contributed by atoms with E-state index in [9.17, 15) is 9.13 Å². The lowest BCUT2D eigenvalue weighted by Gasteiger charge is -2.43. The Morgan fingerprint density at radius 2 is 0.968 bits per heavy atom. The molecular weight excluding hydrogens is 434 g/mol. The number of rotatable bonds is 6. The maximum Gasteiger partial charge on any atom is 0.331 e. The van der Waals surface area contributed by atoms with Crippen molar-refractivity contribution in [2.24, 2.45) is 5.41 Å². The number of hydrogen-bond acceptors (Lipinski definition) is 6. The van der Waals surface area contributed by atoms with Crippen molar-refractivity contribution in [3.63, 3.8) is 0 Å². The zero-order chi connectivity index (χ0) is 22.0.